The molecule has 9 nitrogen and oxygen atoms in total. The van der Waals surface area contributed by atoms with Crippen molar-refractivity contribution in [2.45, 2.75) is 18.4 Å². The Morgan fingerprint density at radius 1 is 0.974 bits per heavy atom. The van der Waals surface area contributed by atoms with E-state index in [1.807, 2.05) is 48.2 Å². The third kappa shape index (κ3) is 7.18. The van der Waals surface area contributed by atoms with Gasteiger partial charge < -0.3 is 9.47 Å². The van der Waals surface area contributed by atoms with Crippen molar-refractivity contribution in [3.8, 4) is 11.5 Å². The number of carbonyl (C=O) groups excluding carboxylic acids is 1. The van der Waals surface area contributed by atoms with E-state index in [1.165, 1.54) is 10.5 Å². The highest BCUT2D eigenvalue weighted by atomic mass is 32.2. The number of sulfonamides is 1. The van der Waals surface area contributed by atoms with Gasteiger partial charge in [-0.3, -0.25) is 9.69 Å². The molecule has 0 spiro atoms. The van der Waals surface area contributed by atoms with Crippen LogP contribution in [0.15, 0.2) is 82.8 Å². The first-order valence-corrected chi connectivity index (χ1v) is 13.7. The van der Waals surface area contributed by atoms with Gasteiger partial charge in [0.05, 0.1) is 24.8 Å². The van der Waals surface area contributed by atoms with Gasteiger partial charge in [-0.2, -0.15) is 9.41 Å². The van der Waals surface area contributed by atoms with Crippen molar-refractivity contribution in [3.05, 3.63) is 89.5 Å². The van der Waals surface area contributed by atoms with E-state index >= 15 is 0 Å². The minimum absolute atomic E-state index is 0.130. The number of hydrogen-bond acceptors (Lipinski definition) is 7. The average molecular weight is 537 g/mol. The highest BCUT2D eigenvalue weighted by molar-refractivity contribution is 7.89. The maximum absolute atomic E-state index is 12.9. The van der Waals surface area contributed by atoms with Crippen LogP contribution in [0.2, 0.25) is 0 Å². The van der Waals surface area contributed by atoms with E-state index in [1.54, 1.807) is 43.5 Å². The molecule has 0 radical (unpaired) electrons. The quantitative estimate of drug-likeness (QED) is 0.316. The summed E-state index contributed by atoms with van der Waals surface area (Å²) in [4.78, 5) is 14.6. The largest absolute Gasteiger partial charge is 0.493 e. The lowest BCUT2D eigenvalue weighted by Crippen LogP contribution is -2.50. The van der Waals surface area contributed by atoms with Crippen LogP contribution in [0.25, 0.3) is 0 Å². The zero-order valence-corrected chi connectivity index (χ0v) is 22.4. The summed E-state index contributed by atoms with van der Waals surface area (Å²) in [6.45, 7) is 4.04. The van der Waals surface area contributed by atoms with Gasteiger partial charge in [-0.25, -0.2) is 13.8 Å². The SMILES string of the molecule is COc1cc(/C=N/NC(=O)CN2CCN(S(=O)(=O)c3ccc(C)cc3)CC2)ccc1OCc1ccccc1. The summed E-state index contributed by atoms with van der Waals surface area (Å²) < 4.78 is 38.5. The molecule has 0 aliphatic carbocycles. The lowest BCUT2D eigenvalue weighted by Gasteiger charge is -2.33. The number of rotatable bonds is 10. The van der Waals surface area contributed by atoms with Crippen molar-refractivity contribution >= 4 is 22.1 Å². The molecule has 1 aliphatic heterocycles. The Morgan fingerprint density at radius 2 is 1.68 bits per heavy atom. The molecule has 0 aromatic heterocycles. The van der Waals surface area contributed by atoms with E-state index in [0.717, 1.165) is 16.7 Å². The fraction of sp³-hybridized carbons (Fsp3) is 0.286. The first kappa shape index (κ1) is 27.3. The second-order valence-electron chi connectivity index (χ2n) is 8.97. The number of nitrogens with one attached hydrogen (secondary N) is 1. The Kier molecular flexibility index (Phi) is 9.11. The molecule has 0 bridgehead atoms. The normalized spacial score (nSPS) is 14.9. The van der Waals surface area contributed by atoms with Gasteiger partial charge in [0, 0.05) is 26.2 Å². The van der Waals surface area contributed by atoms with Crippen molar-refractivity contribution in [1.82, 2.24) is 14.6 Å². The monoisotopic (exact) mass is 536 g/mol. The molecule has 0 atom stereocenters. The molecule has 1 aliphatic rings. The number of carbonyl (C=O) groups is 1. The van der Waals surface area contributed by atoms with Crippen molar-refractivity contribution in [2.24, 2.45) is 5.10 Å². The van der Waals surface area contributed by atoms with Gasteiger partial charge in [0.2, 0.25) is 10.0 Å². The lowest BCUT2D eigenvalue weighted by molar-refractivity contribution is -0.122. The average Bonchev–Trinajstić information content (AvgIpc) is 2.93. The van der Waals surface area contributed by atoms with Gasteiger partial charge in [0.15, 0.2) is 11.5 Å². The van der Waals surface area contributed by atoms with Gasteiger partial charge >= 0.3 is 0 Å². The second-order valence-corrected chi connectivity index (χ2v) is 10.9. The molecule has 3 aromatic rings. The first-order valence-electron chi connectivity index (χ1n) is 12.3. The number of amides is 1. The van der Waals surface area contributed by atoms with Gasteiger partial charge in [-0.05, 0) is 48.4 Å². The molecule has 1 amide bonds. The summed E-state index contributed by atoms with van der Waals surface area (Å²) >= 11 is 0. The number of hydrazone groups is 1. The van der Waals surface area contributed by atoms with Crippen molar-refractivity contribution in [3.63, 3.8) is 0 Å². The molecular formula is C28H32N4O5S. The molecule has 10 heteroatoms. The minimum atomic E-state index is -3.54. The lowest BCUT2D eigenvalue weighted by atomic mass is 10.2. The molecule has 4 rings (SSSR count). The molecular weight excluding hydrogens is 504 g/mol. The smallest absolute Gasteiger partial charge is 0.254 e. The zero-order valence-electron chi connectivity index (χ0n) is 21.5. The van der Waals surface area contributed by atoms with E-state index < -0.39 is 10.0 Å². The minimum Gasteiger partial charge on any atom is -0.493 e. The van der Waals surface area contributed by atoms with Crippen LogP contribution < -0.4 is 14.9 Å². The van der Waals surface area contributed by atoms with Crippen LogP contribution in [0.3, 0.4) is 0 Å². The fourth-order valence-electron chi connectivity index (χ4n) is 4.02. The van der Waals surface area contributed by atoms with Crippen molar-refractivity contribution < 1.29 is 22.7 Å². The Bertz CT molecular complexity index is 1350. The standard InChI is InChI=1S/C28H32N4O5S/c1-22-8-11-25(12-9-22)38(34,35)32-16-14-31(15-17-32)20-28(33)30-29-19-24-10-13-26(27(18-24)36-2)37-21-23-6-4-3-5-7-23/h3-13,18-19H,14-17,20-21H2,1-2H3,(H,30,33)/b29-19+. The van der Waals surface area contributed by atoms with E-state index in [2.05, 4.69) is 10.5 Å². The molecule has 0 saturated carbocycles. The number of nitrogens with zero attached hydrogens (tertiary/aromatic N) is 3. The van der Waals surface area contributed by atoms with Gasteiger partial charge in [-0.1, -0.05) is 48.0 Å². The summed E-state index contributed by atoms with van der Waals surface area (Å²) in [7, 11) is -1.97. The maximum atomic E-state index is 12.9. The summed E-state index contributed by atoms with van der Waals surface area (Å²) in [6.07, 6.45) is 1.54. The molecule has 1 heterocycles. The number of aryl methyl sites for hydroxylation is 1. The molecule has 200 valence electrons. The second kappa shape index (κ2) is 12.7. The number of methoxy groups -OCH3 is 1. The Morgan fingerprint density at radius 3 is 2.37 bits per heavy atom. The number of ether oxygens (including phenoxy) is 2. The maximum Gasteiger partial charge on any atom is 0.254 e. The molecule has 1 saturated heterocycles. The number of hydrogen-bond donors (Lipinski definition) is 1. The van der Waals surface area contributed by atoms with E-state index in [4.69, 9.17) is 9.47 Å². The predicted octanol–water partition coefficient (Wildman–Crippen LogP) is 3.04. The van der Waals surface area contributed by atoms with Gasteiger partial charge in [0.1, 0.15) is 6.61 Å². The molecule has 38 heavy (non-hydrogen) atoms. The Labute approximate surface area is 223 Å². The topological polar surface area (TPSA) is 101 Å². The Hall–Kier alpha value is -3.73. The molecule has 1 fully saturated rings. The third-order valence-corrected chi connectivity index (χ3v) is 8.10. The summed E-state index contributed by atoms with van der Waals surface area (Å²) in [6, 6.07) is 22.1. The zero-order chi connectivity index (χ0) is 27.0. The van der Waals surface area contributed by atoms with Gasteiger partial charge in [-0.15, -0.1) is 0 Å². The van der Waals surface area contributed by atoms with Crippen LogP contribution in [0.4, 0.5) is 0 Å². The molecule has 1 N–H and O–H groups in total. The molecule has 3 aromatic carbocycles. The Balaban J connectivity index is 1.24. The predicted molar refractivity (Wildman–Crippen MR) is 146 cm³/mol. The third-order valence-electron chi connectivity index (χ3n) is 6.18. The summed E-state index contributed by atoms with van der Waals surface area (Å²) in [5.41, 5.74) is 5.33. The molecule has 0 unspecified atom stereocenters. The van der Waals surface area contributed by atoms with E-state index in [-0.39, 0.29) is 17.3 Å². The van der Waals surface area contributed by atoms with Crippen LogP contribution in [0, 0.1) is 6.92 Å². The van der Waals surface area contributed by atoms with Gasteiger partial charge in [0.25, 0.3) is 5.91 Å². The van der Waals surface area contributed by atoms with E-state index in [9.17, 15) is 13.2 Å². The fourth-order valence-corrected chi connectivity index (χ4v) is 5.45. The number of benzene rings is 3. The van der Waals surface area contributed by atoms with Crippen LogP contribution in [0.5, 0.6) is 11.5 Å². The van der Waals surface area contributed by atoms with Crippen LogP contribution >= 0.6 is 0 Å². The van der Waals surface area contributed by atoms with Crippen molar-refractivity contribution in [1.29, 1.82) is 0 Å². The van der Waals surface area contributed by atoms with Crippen molar-refractivity contribution in [2.75, 3.05) is 39.8 Å². The summed E-state index contributed by atoms with van der Waals surface area (Å²) in [5, 5.41) is 4.05. The highest BCUT2D eigenvalue weighted by Crippen LogP contribution is 2.28. The first-order chi connectivity index (χ1) is 18.3. The number of piperazine rings is 1. The van der Waals surface area contributed by atoms with Crippen LogP contribution in [-0.2, 0) is 21.4 Å². The van der Waals surface area contributed by atoms with Crippen LogP contribution in [0.1, 0.15) is 16.7 Å². The summed E-state index contributed by atoms with van der Waals surface area (Å²) in [5.74, 6) is 0.904. The highest BCUT2D eigenvalue weighted by Gasteiger charge is 2.28. The van der Waals surface area contributed by atoms with E-state index in [0.29, 0.717) is 44.3 Å². The van der Waals surface area contributed by atoms with Crippen LogP contribution in [-0.4, -0.2) is 69.6 Å².